The van der Waals surface area contributed by atoms with Crippen LogP contribution in [0.4, 0.5) is 13.2 Å². The van der Waals surface area contributed by atoms with Crippen molar-refractivity contribution in [3.8, 4) is 0 Å². The van der Waals surface area contributed by atoms with E-state index in [-0.39, 0.29) is 11.9 Å². The van der Waals surface area contributed by atoms with E-state index in [1.165, 1.54) is 0 Å². The predicted octanol–water partition coefficient (Wildman–Crippen LogP) is 1.93. The molecule has 0 aromatic rings. The Balaban J connectivity index is 4.08. The van der Waals surface area contributed by atoms with E-state index in [0.717, 1.165) is 0 Å². The minimum Gasteiger partial charge on any atom is -0.481 e. The van der Waals surface area contributed by atoms with Crippen molar-refractivity contribution in [2.24, 2.45) is 5.92 Å². The van der Waals surface area contributed by atoms with Gasteiger partial charge in [-0.05, 0) is 13.8 Å². The van der Waals surface area contributed by atoms with Gasteiger partial charge in [0.25, 0.3) is 0 Å². The molecule has 1 N–H and O–H groups in total. The number of hydrogen-bond donors (Lipinski definition) is 1. The number of ether oxygens (including phenoxy) is 1. The summed E-state index contributed by atoms with van der Waals surface area (Å²) in [6.07, 6.45) is -5.15. The molecule has 1 unspecified atom stereocenters. The molecule has 0 aliphatic heterocycles. The van der Waals surface area contributed by atoms with Crippen molar-refractivity contribution < 1.29 is 32.6 Å². The first-order chi connectivity index (χ1) is 7.64. The second-order valence-electron chi connectivity index (χ2n) is 3.49. The number of carboxylic acid groups (broad SMARTS) is 1. The van der Waals surface area contributed by atoms with Crippen molar-refractivity contribution in [3.05, 3.63) is 0 Å². The Hall–Kier alpha value is -0.920. The molecule has 0 saturated heterocycles. The molecule has 0 heterocycles. The molecule has 0 radical (unpaired) electrons. The molecule has 0 saturated carbocycles. The highest BCUT2D eigenvalue weighted by atomic mass is 32.2. The Bertz CT molecular complexity index is 278. The van der Waals surface area contributed by atoms with Gasteiger partial charge in [-0.3, -0.25) is 9.59 Å². The molecule has 8 heteroatoms. The molecule has 4 nitrogen and oxygen atoms in total. The second kappa shape index (κ2) is 6.73. The zero-order chi connectivity index (χ0) is 13.6. The molecule has 0 rings (SSSR count). The number of alkyl halides is 3. The van der Waals surface area contributed by atoms with Gasteiger partial charge in [0.05, 0.1) is 11.9 Å². The zero-order valence-corrected chi connectivity index (χ0v) is 10.1. The van der Waals surface area contributed by atoms with Crippen molar-refractivity contribution in [2.45, 2.75) is 26.1 Å². The number of hydrogen-bond acceptors (Lipinski definition) is 4. The smallest absolute Gasteiger partial charge is 0.403 e. The third-order valence-electron chi connectivity index (χ3n) is 1.56. The van der Waals surface area contributed by atoms with Gasteiger partial charge >= 0.3 is 18.1 Å². The van der Waals surface area contributed by atoms with E-state index in [0.29, 0.717) is 11.8 Å². The van der Waals surface area contributed by atoms with E-state index in [2.05, 4.69) is 4.74 Å². The standard InChI is InChI=1S/C9H13F3O4S/c1-5(2)16-7(13)4-17-3-6(8(14)15)9(10,11)12/h5-6H,3-4H2,1-2H3,(H,14,15). The molecule has 17 heavy (non-hydrogen) atoms. The monoisotopic (exact) mass is 274 g/mol. The number of carboxylic acids is 1. The summed E-state index contributed by atoms with van der Waals surface area (Å²) in [5.41, 5.74) is 0. The van der Waals surface area contributed by atoms with Crippen LogP contribution in [-0.2, 0) is 14.3 Å². The van der Waals surface area contributed by atoms with Crippen molar-refractivity contribution in [1.82, 2.24) is 0 Å². The highest BCUT2D eigenvalue weighted by Crippen LogP contribution is 2.29. The summed E-state index contributed by atoms with van der Waals surface area (Å²) in [6, 6.07) is 0. The average Bonchev–Trinajstić information content (AvgIpc) is 2.08. The van der Waals surface area contributed by atoms with Crippen molar-refractivity contribution in [3.63, 3.8) is 0 Å². The summed E-state index contributed by atoms with van der Waals surface area (Å²) in [7, 11) is 0. The zero-order valence-electron chi connectivity index (χ0n) is 9.28. The SMILES string of the molecule is CC(C)OC(=O)CSCC(C(=O)O)C(F)(F)F. The molecule has 0 bridgehead atoms. The normalized spacial score (nSPS) is 13.5. The highest BCUT2D eigenvalue weighted by molar-refractivity contribution is 7.99. The van der Waals surface area contributed by atoms with E-state index in [1.54, 1.807) is 13.8 Å². The van der Waals surface area contributed by atoms with Gasteiger partial charge in [0.15, 0.2) is 5.92 Å². The number of thioether (sulfide) groups is 1. The lowest BCUT2D eigenvalue weighted by molar-refractivity contribution is -0.188. The van der Waals surface area contributed by atoms with Crippen LogP contribution in [0.1, 0.15) is 13.8 Å². The Labute approximate surface area is 101 Å². The fourth-order valence-corrected chi connectivity index (χ4v) is 1.78. The van der Waals surface area contributed by atoms with Gasteiger partial charge < -0.3 is 9.84 Å². The lowest BCUT2D eigenvalue weighted by atomic mass is 10.2. The van der Waals surface area contributed by atoms with Crippen molar-refractivity contribution in [1.29, 1.82) is 0 Å². The van der Waals surface area contributed by atoms with E-state index in [9.17, 15) is 22.8 Å². The van der Waals surface area contributed by atoms with Crippen LogP contribution in [-0.4, -0.2) is 40.8 Å². The Morgan fingerprint density at radius 1 is 1.35 bits per heavy atom. The van der Waals surface area contributed by atoms with Gasteiger partial charge in [-0.1, -0.05) is 0 Å². The first-order valence-electron chi connectivity index (χ1n) is 4.71. The van der Waals surface area contributed by atoms with Gasteiger partial charge in [0, 0.05) is 5.75 Å². The summed E-state index contributed by atoms with van der Waals surface area (Å²) in [5, 5.41) is 8.37. The number of esters is 1. The average molecular weight is 274 g/mol. The van der Waals surface area contributed by atoms with Crippen LogP contribution in [0.15, 0.2) is 0 Å². The summed E-state index contributed by atoms with van der Waals surface area (Å²) in [6.45, 7) is 3.22. The number of rotatable bonds is 6. The number of carbonyl (C=O) groups excluding carboxylic acids is 1. The summed E-state index contributed by atoms with van der Waals surface area (Å²) in [4.78, 5) is 21.3. The Kier molecular flexibility index (Phi) is 6.36. The first-order valence-corrected chi connectivity index (χ1v) is 5.86. The number of carbonyl (C=O) groups is 2. The maximum absolute atomic E-state index is 12.2. The number of aliphatic carboxylic acids is 1. The van der Waals surface area contributed by atoms with Gasteiger partial charge in [-0.25, -0.2) is 0 Å². The Morgan fingerprint density at radius 3 is 2.24 bits per heavy atom. The molecular formula is C9H13F3O4S. The van der Waals surface area contributed by atoms with Crippen LogP contribution in [0.25, 0.3) is 0 Å². The van der Waals surface area contributed by atoms with Crippen LogP contribution in [0, 0.1) is 5.92 Å². The van der Waals surface area contributed by atoms with Crippen molar-refractivity contribution >= 4 is 23.7 Å². The van der Waals surface area contributed by atoms with Crippen LogP contribution in [0.2, 0.25) is 0 Å². The van der Waals surface area contributed by atoms with E-state index in [1.807, 2.05) is 0 Å². The fourth-order valence-electron chi connectivity index (χ4n) is 0.863. The van der Waals surface area contributed by atoms with Gasteiger partial charge in [0.1, 0.15) is 0 Å². The van der Waals surface area contributed by atoms with Crippen molar-refractivity contribution in [2.75, 3.05) is 11.5 Å². The van der Waals surface area contributed by atoms with Crippen LogP contribution in [0.3, 0.4) is 0 Å². The highest BCUT2D eigenvalue weighted by Gasteiger charge is 2.44. The molecule has 0 fully saturated rings. The topological polar surface area (TPSA) is 63.6 Å². The van der Waals surface area contributed by atoms with Gasteiger partial charge in [-0.15, -0.1) is 11.8 Å². The van der Waals surface area contributed by atoms with Gasteiger partial charge in [0.2, 0.25) is 0 Å². The molecule has 0 amide bonds. The lowest BCUT2D eigenvalue weighted by Crippen LogP contribution is -2.33. The largest absolute Gasteiger partial charge is 0.481 e. The van der Waals surface area contributed by atoms with E-state index < -0.39 is 29.8 Å². The van der Waals surface area contributed by atoms with E-state index >= 15 is 0 Å². The van der Waals surface area contributed by atoms with Crippen LogP contribution >= 0.6 is 11.8 Å². The number of halogens is 3. The molecule has 1 atom stereocenters. The molecule has 0 aliphatic rings. The molecule has 100 valence electrons. The third-order valence-corrected chi connectivity index (χ3v) is 2.57. The predicted molar refractivity (Wildman–Crippen MR) is 55.7 cm³/mol. The van der Waals surface area contributed by atoms with Crippen LogP contribution in [0.5, 0.6) is 0 Å². The van der Waals surface area contributed by atoms with Gasteiger partial charge in [-0.2, -0.15) is 13.2 Å². The first kappa shape index (κ1) is 16.1. The lowest BCUT2D eigenvalue weighted by Gasteiger charge is -2.15. The molecule has 0 spiro atoms. The quantitative estimate of drug-likeness (QED) is 0.750. The second-order valence-corrected chi connectivity index (χ2v) is 4.52. The summed E-state index contributed by atoms with van der Waals surface area (Å²) in [5.74, 6) is -6.05. The maximum atomic E-state index is 12.2. The van der Waals surface area contributed by atoms with E-state index in [4.69, 9.17) is 5.11 Å². The fraction of sp³-hybridized carbons (Fsp3) is 0.778. The molecule has 0 aromatic carbocycles. The summed E-state index contributed by atoms with van der Waals surface area (Å²) >= 11 is 0.591. The molecular weight excluding hydrogens is 261 g/mol. The molecule has 0 aromatic heterocycles. The third kappa shape index (κ3) is 7.09. The Morgan fingerprint density at radius 2 is 1.88 bits per heavy atom. The van der Waals surface area contributed by atoms with Crippen LogP contribution < -0.4 is 0 Å². The minimum absolute atomic E-state index is 0.294. The maximum Gasteiger partial charge on any atom is 0.403 e. The summed E-state index contributed by atoms with van der Waals surface area (Å²) < 4.78 is 41.3. The minimum atomic E-state index is -4.80. The molecule has 0 aliphatic carbocycles.